The molecular weight excluding hydrogens is 240 g/mol. The maximum absolute atomic E-state index is 5.81. The Bertz CT molecular complexity index is 482. The van der Waals surface area contributed by atoms with Gasteiger partial charge in [0.2, 0.25) is 11.7 Å². The van der Waals surface area contributed by atoms with Crippen LogP contribution in [0.25, 0.3) is 11.5 Å². The zero-order chi connectivity index (χ0) is 12.3. The largest absolute Gasteiger partial charge is 0.339 e. The van der Waals surface area contributed by atoms with Crippen LogP contribution in [0.15, 0.2) is 22.9 Å². The van der Waals surface area contributed by atoms with Crippen LogP contribution < -0.4 is 5.73 Å². The Balaban J connectivity index is 2.15. The Kier molecular flexibility index (Phi) is 3.71. The summed E-state index contributed by atoms with van der Waals surface area (Å²) in [6.45, 7) is 2.02. The van der Waals surface area contributed by atoms with Gasteiger partial charge in [-0.1, -0.05) is 23.7 Å². The van der Waals surface area contributed by atoms with Crippen molar-refractivity contribution in [3.05, 3.63) is 29.2 Å². The van der Waals surface area contributed by atoms with Crippen LogP contribution in [0.3, 0.4) is 0 Å². The summed E-state index contributed by atoms with van der Waals surface area (Å²) in [5.74, 6) is 0.992. The highest BCUT2D eigenvalue weighted by molar-refractivity contribution is 6.30. The molecule has 0 fully saturated rings. The molecule has 0 saturated carbocycles. The third-order valence-electron chi connectivity index (χ3n) is 2.39. The van der Waals surface area contributed by atoms with Gasteiger partial charge in [0.05, 0.1) is 5.02 Å². The van der Waals surface area contributed by atoms with E-state index in [2.05, 4.69) is 15.1 Å². The van der Waals surface area contributed by atoms with Gasteiger partial charge in [-0.2, -0.15) is 4.98 Å². The molecule has 0 spiro atoms. The molecule has 1 atom stereocenters. The van der Waals surface area contributed by atoms with Crippen LogP contribution in [0.5, 0.6) is 0 Å². The molecule has 2 aromatic heterocycles. The van der Waals surface area contributed by atoms with E-state index in [4.69, 9.17) is 21.9 Å². The van der Waals surface area contributed by atoms with Gasteiger partial charge in [0, 0.05) is 18.7 Å². The lowest BCUT2D eigenvalue weighted by atomic mass is 10.2. The quantitative estimate of drug-likeness (QED) is 0.901. The highest BCUT2D eigenvalue weighted by Crippen LogP contribution is 2.15. The third kappa shape index (κ3) is 3.01. The van der Waals surface area contributed by atoms with Gasteiger partial charge in [0.1, 0.15) is 5.69 Å². The molecular formula is C11H13ClN4O. The molecule has 2 rings (SSSR count). The van der Waals surface area contributed by atoms with E-state index in [-0.39, 0.29) is 6.04 Å². The van der Waals surface area contributed by atoms with E-state index in [1.807, 2.05) is 6.92 Å². The smallest absolute Gasteiger partial charge is 0.228 e. The van der Waals surface area contributed by atoms with Gasteiger partial charge in [-0.3, -0.25) is 4.98 Å². The number of nitrogens with two attached hydrogens (primary N) is 1. The van der Waals surface area contributed by atoms with Crippen LogP contribution in [0.4, 0.5) is 0 Å². The molecule has 0 aliphatic heterocycles. The fraction of sp³-hybridized carbons (Fsp3) is 0.364. The summed E-state index contributed by atoms with van der Waals surface area (Å²) >= 11 is 5.75. The number of nitrogens with zero attached hydrogens (tertiary/aromatic N) is 3. The standard InChI is InChI=1S/C11H13ClN4O/c1-2-8(13)5-10-15-11(16-17-10)9-4-3-7(12)6-14-9/h3-4,6,8H,2,5,13H2,1H3. The molecule has 2 heterocycles. The Morgan fingerprint density at radius 2 is 2.29 bits per heavy atom. The van der Waals surface area contributed by atoms with Gasteiger partial charge in [0.15, 0.2) is 0 Å². The summed E-state index contributed by atoms with van der Waals surface area (Å²) in [5.41, 5.74) is 6.45. The van der Waals surface area contributed by atoms with E-state index < -0.39 is 0 Å². The first kappa shape index (κ1) is 12.0. The number of rotatable bonds is 4. The maximum atomic E-state index is 5.81. The highest BCUT2D eigenvalue weighted by Gasteiger charge is 2.12. The second-order valence-electron chi connectivity index (χ2n) is 3.75. The molecule has 0 aliphatic rings. The van der Waals surface area contributed by atoms with Crippen molar-refractivity contribution in [2.45, 2.75) is 25.8 Å². The average Bonchev–Trinajstić information content (AvgIpc) is 2.78. The van der Waals surface area contributed by atoms with Gasteiger partial charge in [-0.25, -0.2) is 0 Å². The van der Waals surface area contributed by atoms with E-state index in [1.165, 1.54) is 0 Å². The molecule has 0 radical (unpaired) electrons. The third-order valence-corrected chi connectivity index (χ3v) is 2.61. The van der Waals surface area contributed by atoms with Crippen molar-refractivity contribution in [2.24, 2.45) is 5.73 Å². The highest BCUT2D eigenvalue weighted by atomic mass is 35.5. The predicted molar refractivity (Wildman–Crippen MR) is 64.5 cm³/mol. The first-order chi connectivity index (χ1) is 8.19. The van der Waals surface area contributed by atoms with Gasteiger partial charge < -0.3 is 10.3 Å². The van der Waals surface area contributed by atoms with Crippen molar-refractivity contribution < 1.29 is 4.52 Å². The first-order valence-corrected chi connectivity index (χ1v) is 5.77. The molecule has 0 aromatic carbocycles. The summed E-state index contributed by atoms with van der Waals surface area (Å²) in [7, 11) is 0. The van der Waals surface area contributed by atoms with E-state index in [9.17, 15) is 0 Å². The number of hydrogen-bond donors (Lipinski definition) is 1. The van der Waals surface area contributed by atoms with E-state index in [1.54, 1.807) is 18.3 Å². The number of aromatic nitrogens is 3. The Labute approximate surface area is 104 Å². The summed E-state index contributed by atoms with van der Waals surface area (Å²) in [6, 6.07) is 3.52. The van der Waals surface area contributed by atoms with E-state index in [0.29, 0.717) is 28.9 Å². The predicted octanol–water partition coefficient (Wildman–Crippen LogP) is 2.06. The van der Waals surface area contributed by atoms with Gasteiger partial charge in [-0.05, 0) is 18.6 Å². The van der Waals surface area contributed by atoms with E-state index in [0.717, 1.165) is 6.42 Å². The van der Waals surface area contributed by atoms with Crippen LogP contribution in [0.2, 0.25) is 5.02 Å². The molecule has 0 amide bonds. The first-order valence-electron chi connectivity index (χ1n) is 5.39. The monoisotopic (exact) mass is 252 g/mol. The summed E-state index contributed by atoms with van der Waals surface area (Å²) < 4.78 is 5.11. The second kappa shape index (κ2) is 5.25. The van der Waals surface area contributed by atoms with Crippen molar-refractivity contribution in [1.82, 2.24) is 15.1 Å². The number of pyridine rings is 1. The molecule has 5 nitrogen and oxygen atoms in total. The van der Waals surface area contributed by atoms with Crippen molar-refractivity contribution in [3.63, 3.8) is 0 Å². The minimum atomic E-state index is 0.0430. The minimum Gasteiger partial charge on any atom is -0.339 e. The topological polar surface area (TPSA) is 77.8 Å². The zero-order valence-corrected chi connectivity index (χ0v) is 10.2. The molecule has 90 valence electrons. The fourth-order valence-electron chi connectivity index (χ4n) is 1.32. The molecule has 1 unspecified atom stereocenters. The Hall–Kier alpha value is -1.46. The molecule has 17 heavy (non-hydrogen) atoms. The van der Waals surface area contributed by atoms with E-state index >= 15 is 0 Å². The maximum Gasteiger partial charge on any atom is 0.228 e. The zero-order valence-electron chi connectivity index (χ0n) is 9.43. The summed E-state index contributed by atoms with van der Waals surface area (Å²) in [5, 5.41) is 4.43. The summed E-state index contributed by atoms with van der Waals surface area (Å²) in [6.07, 6.45) is 3.00. The van der Waals surface area contributed by atoms with Crippen LogP contribution in [0, 0.1) is 0 Å². The fourth-order valence-corrected chi connectivity index (χ4v) is 1.43. The number of halogens is 1. The van der Waals surface area contributed by atoms with Crippen molar-refractivity contribution in [2.75, 3.05) is 0 Å². The second-order valence-corrected chi connectivity index (χ2v) is 4.18. The number of hydrogen-bond acceptors (Lipinski definition) is 5. The molecule has 0 aliphatic carbocycles. The molecule has 2 aromatic rings. The molecule has 0 saturated heterocycles. The Morgan fingerprint density at radius 3 is 2.94 bits per heavy atom. The minimum absolute atomic E-state index is 0.0430. The van der Waals surface area contributed by atoms with Crippen molar-refractivity contribution in [1.29, 1.82) is 0 Å². The Morgan fingerprint density at radius 1 is 1.47 bits per heavy atom. The molecule has 0 bridgehead atoms. The SMILES string of the molecule is CCC(N)Cc1nc(-c2ccc(Cl)cn2)no1. The van der Waals surface area contributed by atoms with Gasteiger partial charge in [0.25, 0.3) is 0 Å². The van der Waals surface area contributed by atoms with Crippen molar-refractivity contribution in [3.8, 4) is 11.5 Å². The average molecular weight is 253 g/mol. The van der Waals surface area contributed by atoms with Gasteiger partial charge in [-0.15, -0.1) is 0 Å². The lowest BCUT2D eigenvalue weighted by Crippen LogP contribution is -2.21. The van der Waals surface area contributed by atoms with Crippen LogP contribution in [0.1, 0.15) is 19.2 Å². The molecule has 2 N–H and O–H groups in total. The normalized spacial score (nSPS) is 12.6. The van der Waals surface area contributed by atoms with Crippen LogP contribution in [-0.4, -0.2) is 21.2 Å². The van der Waals surface area contributed by atoms with Crippen LogP contribution >= 0.6 is 11.6 Å². The molecule has 6 heteroatoms. The summed E-state index contributed by atoms with van der Waals surface area (Å²) in [4.78, 5) is 8.35. The lowest BCUT2D eigenvalue weighted by Gasteiger charge is -2.02. The van der Waals surface area contributed by atoms with Gasteiger partial charge >= 0.3 is 0 Å². The lowest BCUT2D eigenvalue weighted by molar-refractivity contribution is 0.368. The van der Waals surface area contributed by atoms with Crippen LogP contribution in [-0.2, 0) is 6.42 Å². The van der Waals surface area contributed by atoms with Crippen molar-refractivity contribution >= 4 is 11.6 Å².